The van der Waals surface area contributed by atoms with Gasteiger partial charge in [-0.05, 0) is 91.7 Å². The number of hydrogen-bond donors (Lipinski definition) is 5. The van der Waals surface area contributed by atoms with E-state index in [1.165, 1.54) is 17.2 Å². The van der Waals surface area contributed by atoms with E-state index in [1.54, 1.807) is 67.1 Å². The molecule has 5 aliphatic rings. The average Bonchev–Trinajstić information content (AvgIpc) is 3.77. The van der Waals surface area contributed by atoms with Gasteiger partial charge < -0.3 is 49.2 Å². The fourth-order valence-corrected chi connectivity index (χ4v) is 9.49. The summed E-state index contributed by atoms with van der Waals surface area (Å²) in [5, 5.41) is 49.5. The summed E-state index contributed by atoms with van der Waals surface area (Å²) in [4.78, 5) is 32.2. The molecule has 1 spiro atoms. The highest BCUT2D eigenvalue weighted by Gasteiger charge is 2.52. The van der Waals surface area contributed by atoms with Crippen LogP contribution in [0.25, 0.3) is 34.4 Å². The SMILES string of the molecule is CC[C@@]1(O)C(=O)OCc2c1cc1n(c2=O)Cc2cc3ccccc3nc2-1.COc1ccc2c3c1O[C@H]1C[C@@H](O)C=C[C@@]31CCN(C)C2.Oc1ccc(/C=C/c2cc(O)cc(O)c2)cc1. The Morgan fingerprint density at radius 3 is 2.39 bits per heavy atom. The number of aliphatic hydroxyl groups excluding tert-OH is 1. The van der Waals surface area contributed by atoms with Crippen molar-refractivity contribution in [2.45, 2.75) is 69.1 Å². The highest BCUT2D eigenvalue weighted by Crippen LogP contribution is 2.55. The van der Waals surface area contributed by atoms with Crippen LogP contribution in [0.3, 0.4) is 0 Å². The van der Waals surface area contributed by atoms with Gasteiger partial charge in [0, 0.05) is 41.1 Å². The Labute approximate surface area is 369 Å². The zero-order chi connectivity index (χ0) is 44.9. The quantitative estimate of drug-likeness (QED) is 0.0702. The first-order chi connectivity index (χ1) is 30.8. The van der Waals surface area contributed by atoms with Gasteiger partial charge in [0.25, 0.3) is 5.56 Å². The van der Waals surface area contributed by atoms with Crippen molar-refractivity contribution in [3.63, 3.8) is 0 Å². The van der Waals surface area contributed by atoms with Crippen molar-refractivity contribution in [3.05, 3.63) is 152 Å². The number of aromatic nitrogens is 2. The second kappa shape index (κ2) is 16.6. The van der Waals surface area contributed by atoms with Crippen molar-refractivity contribution in [1.29, 1.82) is 0 Å². The number of rotatable bonds is 4. The van der Waals surface area contributed by atoms with Gasteiger partial charge in [-0.2, -0.15) is 0 Å². The first kappa shape index (κ1) is 42.4. The lowest BCUT2D eigenvalue weighted by molar-refractivity contribution is -0.172. The van der Waals surface area contributed by atoms with Crippen LogP contribution in [-0.2, 0) is 40.2 Å². The summed E-state index contributed by atoms with van der Waals surface area (Å²) in [7, 11) is 3.84. The van der Waals surface area contributed by atoms with Crippen LogP contribution in [0.1, 0.15) is 65.1 Å². The Kier molecular flexibility index (Phi) is 11.0. The topological polar surface area (TPSA) is 184 Å². The molecule has 64 heavy (non-hydrogen) atoms. The zero-order valence-corrected chi connectivity index (χ0v) is 35.7. The molecular weight excluding hydrogens is 815 g/mol. The van der Waals surface area contributed by atoms with Gasteiger partial charge in [-0.3, -0.25) is 4.79 Å². The highest BCUT2D eigenvalue weighted by atomic mass is 16.6. The Morgan fingerprint density at radius 1 is 0.891 bits per heavy atom. The summed E-state index contributed by atoms with van der Waals surface area (Å²) in [6.45, 7) is 3.96. The Morgan fingerprint density at radius 2 is 1.64 bits per heavy atom. The number of para-hydroxylation sites is 1. The number of methoxy groups -OCH3 is 1. The number of cyclic esters (lactones) is 1. The fraction of sp³-hybridized carbons (Fsp3) is 0.275. The molecule has 0 fully saturated rings. The van der Waals surface area contributed by atoms with E-state index in [4.69, 9.17) is 24.3 Å². The minimum atomic E-state index is -1.79. The smallest absolute Gasteiger partial charge is 0.343 e. The molecule has 0 unspecified atom stereocenters. The normalized spacial score (nSPS) is 22.3. The van der Waals surface area contributed by atoms with Crippen molar-refractivity contribution in [2.24, 2.45) is 0 Å². The maximum atomic E-state index is 13.0. The highest BCUT2D eigenvalue weighted by molar-refractivity contribution is 5.86. The first-order valence-corrected chi connectivity index (χ1v) is 21.3. The third-order valence-electron chi connectivity index (χ3n) is 12.8. The number of hydrogen-bond acceptors (Lipinski definition) is 12. The summed E-state index contributed by atoms with van der Waals surface area (Å²) in [5.74, 6) is 1.24. The molecule has 0 bridgehead atoms. The largest absolute Gasteiger partial charge is 0.508 e. The summed E-state index contributed by atoms with van der Waals surface area (Å²) in [6.07, 6.45) is 9.12. The van der Waals surface area contributed by atoms with Crippen LogP contribution >= 0.6 is 0 Å². The summed E-state index contributed by atoms with van der Waals surface area (Å²) in [6, 6.07) is 26.8. The van der Waals surface area contributed by atoms with Crippen molar-refractivity contribution < 1.29 is 44.5 Å². The number of nitrogens with zero attached hydrogens (tertiary/aromatic N) is 3. The minimum absolute atomic E-state index is 0.00838. The molecule has 4 aromatic carbocycles. The molecule has 6 heterocycles. The van der Waals surface area contributed by atoms with Crippen molar-refractivity contribution in [2.75, 3.05) is 20.7 Å². The minimum Gasteiger partial charge on any atom is -0.508 e. The maximum absolute atomic E-state index is 13.0. The fourth-order valence-electron chi connectivity index (χ4n) is 9.49. The van der Waals surface area contributed by atoms with Gasteiger partial charge in [0.1, 0.15) is 30.0 Å². The van der Waals surface area contributed by atoms with E-state index in [2.05, 4.69) is 24.1 Å². The molecule has 13 nitrogen and oxygen atoms in total. The number of carbonyl (C=O) groups excluding carboxylic acids is 1. The predicted molar refractivity (Wildman–Crippen MR) is 241 cm³/mol. The van der Waals surface area contributed by atoms with Crippen LogP contribution in [0.15, 0.2) is 108 Å². The standard InChI is InChI=1S/C20H16N2O4.C17H21NO3.C14H12O3/c1-2-20(25)14-8-16-17-12(7-11-5-3-4-6-15(11)21-17)9-22(16)18(23)13(14)10-26-19(20)24;1-18-8-7-17-6-5-12(19)9-14(17)21-16-13(20-2)4-3-11(10-18)15(16)17;15-12-5-3-10(4-6-12)1-2-11-7-13(16)9-14(17)8-11/h3-8,25H,2,9-10H2,1H3;3-6,12,14,19H,7-10H2,1-2H3;1-9,15-17H/b;;2-1+/t20-;12-,14-,17-;/m00./s1. The van der Waals surface area contributed by atoms with Gasteiger partial charge in [-0.15, -0.1) is 0 Å². The second-order valence-corrected chi connectivity index (χ2v) is 16.9. The van der Waals surface area contributed by atoms with Crippen LogP contribution < -0.4 is 15.0 Å². The number of fused-ring (bicyclic) bond motifs is 5. The Hall–Kier alpha value is -6.93. The third kappa shape index (κ3) is 7.55. The zero-order valence-electron chi connectivity index (χ0n) is 35.7. The molecule has 0 amide bonds. The summed E-state index contributed by atoms with van der Waals surface area (Å²) in [5.41, 5.74) is 5.92. The van der Waals surface area contributed by atoms with Crippen molar-refractivity contribution >= 4 is 29.0 Å². The second-order valence-electron chi connectivity index (χ2n) is 16.9. The van der Waals surface area contributed by atoms with Crippen LogP contribution in [0, 0.1) is 0 Å². The number of pyridine rings is 2. The molecule has 6 aromatic rings. The summed E-state index contributed by atoms with van der Waals surface area (Å²) < 4.78 is 18.5. The van der Waals surface area contributed by atoms with E-state index < -0.39 is 17.7 Å². The van der Waals surface area contributed by atoms with E-state index in [0.717, 1.165) is 58.7 Å². The van der Waals surface area contributed by atoms with E-state index in [9.17, 15) is 30.0 Å². The van der Waals surface area contributed by atoms with E-state index in [0.29, 0.717) is 35.3 Å². The lowest BCUT2D eigenvalue weighted by atomic mass is 9.69. The van der Waals surface area contributed by atoms with Crippen LogP contribution in [0.4, 0.5) is 0 Å². The van der Waals surface area contributed by atoms with Crippen molar-refractivity contribution in [3.8, 4) is 40.1 Å². The molecule has 11 rings (SSSR count). The van der Waals surface area contributed by atoms with Crippen LogP contribution in [0.5, 0.6) is 28.7 Å². The number of esters is 1. The molecule has 0 radical (unpaired) electrons. The average molecular weight is 864 g/mol. The van der Waals surface area contributed by atoms with E-state index >= 15 is 0 Å². The molecule has 1 aliphatic carbocycles. The number of phenolic OH excluding ortho intramolecular Hbond substituents is 3. The summed E-state index contributed by atoms with van der Waals surface area (Å²) >= 11 is 0. The van der Waals surface area contributed by atoms with Gasteiger partial charge in [0.15, 0.2) is 17.1 Å². The molecule has 4 aliphatic heterocycles. The third-order valence-corrected chi connectivity index (χ3v) is 12.8. The van der Waals surface area contributed by atoms with Crippen molar-refractivity contribution in [1.82, 2.24) is 14.5 Å². The number of phenols is 3. The molecule has 2 aromatic heterocycles. The number of carbonyl (C=O) groups is 1. The molecule has 5 N–H and O–H groups in total. The van der Waals surface area contributed by atoms with E-state index in [1.807, 2.05) is 48.6 Å². The van der Waals surface area contributed by atoms with Gasteiger partial charge in [-0.25, -0.2) is 9.78 Å². The molecule has 328 valence electrons. The van der Waals surface area contributed by atoms with Gasteiger partial charge in [0.2, 0.25) is 0 Å². The van der Waals surface area contributed by atoms with Crippen LogP contribution in [0.2, 0.25) is 0 Å². The molecular formula is C51H49N3O10. The van der Waals surface area contributed by atoms with Gasteiger partial charge >= 0.3 is 5.97 Å². The number of ether oxygens (including phenoxy) is 3. The van der Waals surface area contributed by atoms with Gasteiger partial charge in [0.05, 0.1) is 47.6 Å². The Bertz CT molecular complexity index is 2900. The van der Waals surface area contributed by atoms with E-state index in [-0.39, 0.29) is 47.4 Å². The molecule has 0 saturated carbocycles. The lowest BCUT2D eigenvalue weighted by Crippen LogP contribution is -2.44. The molecule has 0 saturated heterocycles. The van der Waals surface area contributed by atoms with Gasteiger partial charge in [-0.1, -0.05) is 67.6 Å². The number of benzene rings is 4. The van der Waals surface area contributed by atoms with Crippen LogP contribution in [-0.4, -0.2) is 78.9 Å². The molecule has 4 atom stereocenters. The monoisotopic (exact) mass is 863 g/mol. The first-order valence-electron chi connectivity index (χ1n) is 21.3. The maximum Gasteiger partial charge on any atom is 0.343 e. The Balaban J connectivity index is 0.000000125. The number of aliphatic hydroxyl groups is 2. The molecule has 13 heteroatoms. The number of aromatic hydroxyl groups is 3. The lowest BCUT2D eigenvalue weighted by Gasteiger charge is -2.35. The predicted octanol–water partition coefficient (Wildman–Crippen LogP) is 6.90.